The van der Waals surface area contributed by atoms with Gasteiger partial charge in [-0.2, -0.15) is 0 Å². The molecule has 0 amide bonds. The van der Waals surface area contributed by atoms with Crippen molar-refractivity contribution in [3.8, 4) is 0 Å². The molecule has 1 aromatic heterocycles. The van der Waals surface area contributed by atoms with Gasteiger partial charge in [-0.3, -0.25) is 0 Å². The van der Waals surface area contributed by atoms with Gasteiger partial charge in [0.05, 0.1) is 12.3 Å². The highest BCUT2D eigenvalue weighted by Crippen LogP contribution is 2.27. The van der Waals surface area contributed by atoms with Crippen LogP contribution in [0.3, 0.4) is 0 Å². The average Bonchev–Trinajstić information content (AvgIpc) is 2.78. The number of hydrogen-bond acceptors (Lipinski definition) is 4. The predicted octanol–water partition coefficient (Wildman–Crippen LogP) is 2.70. The van der Waals surface area contributed by atoms with E-state index in [1.165, 1.54) is 0 Å². The average molecular weight is 242 g/mol. The highest BCUT2D eigenvalue weighted by Gasteiger charge is 2.25. The number of thiazole rings is 1. The maximum absolute atomic E-state index is 5.81. The molecule has 0 aliphatic heterocycles. The molecule has 4 heteroatoms. The summed E-state index contributed by atoms with van der Waals surface area (Å²) in [6.07, 6.45) is 2.07. The van der Waals surface area contributed by atoms with Gasteiger partial charge in [0.2, 0.25) is 0 Å². The summed E-state index contributed by atoms with van der Waals surface area (Å²) in [7, 11) is 0. The van der Waals surface area contributed by atoms with Gasteiger partial charge in [-0.1, -0.05) is 20.8 Å². The number of hydrogen-bond donors (Lipinski definition) is 1. The molecule has 0 radical (unpaired) electrons. The molecule has 1 atom stereocenters. The van der Waals surface area contributed by atoms with Crippen LogP contribution in [0, 0.1) is 0 Å². The Labute approximate surface area is 102 Å². The number of rotatable bonds is 7. The third kappa shape index (κ3) is 3.27. The minimum Gasteiger partial charge on any atom is -0.374 e. The van der Waals surface area contributed by atoms with Gasteiger partial charge in [-0.05, 0) is 12.8 Å². The SMILES string of the molecule is CCCOCc1nc(C(C)(CC)CN)cs1. The predicted molar refractivity (Wildman–Crippen MR) is 68.8 cm³/mol. The lowest BCUT2D eigenvalue weighted by molar-refractivity contribution is 0.121. The molecular formula is C12H22N2OS. The minimum atomic E-state index is 0.0134. The molecule has 16 heavy (non-hydrogen) atoms. The van der Waals surface area contributed by atoms with E-state index in [4.69, 9.17) is 10.5 Å². The van der Waals surface area contributed by atoms with Crippen molar-refractivity contribution in [1.29, 1.82) is 0 Å². The van der Waals surface area contributed by atoms with Gasteiger partial charge in [0.15, 0.2) is 0 Å². The van der Waals surface area contributed by atoms with Gasteiger partial charge in [-0.25, -0.2) is 4.98 Å². The van der Waals surface area contributed by atoms with Crippen molar-refractivity contribution < 1.29 is 4.74 Å². The van der Waals surface area contributed by atoms with Crippen molar-refractivity contribution in [1.82, 2.24) is 4.98 Å². The van der Waals surface area contributed by atoms with Crippen molar-refractivity contribution in [2.75, 3.05) is 13.2 Å². The monoisotopic (exact) mass is 242 g/mol. The van der Waals surface area contributed by atoms with E-state index >= 15 is 0 Å². The Morgan fingerprint density at radius 2 is 2.25 bits per heavy atom. The molecule has 0 saturated heterocycles. The molecule has 92 valence electrons. The Bertz CT molecular complexity index is 308. The van der Waals surface area contributed by atoms with E-state index in [0.29, 0.717) is 13.2 Å². The third-order valence-electron chi connectivity index (χ3n) is 2.97. The van der Waals surface area contributed by atoms with Crippen LogP contribution < -0.4 is 5.73 Å². The van der Waals surface area contributed by atoms with E-state index < -0.39 is 0 Å². The maximum atomic E-state index is 5.81. The molecule has 3 nitrogen and oxygen atoms in total. The van der Waals surface area contributed by atoms with E-state index in [9.17, 15) is 0 Å². The molecule has 1 unspecified atom stereocenters. The summed E-state index contributed by atoms with van der Waals surface area (Å²) < 4.78 is 5.48. The minimum absolute atomic E-state index is 0.0134. The fraction of sp³-hybridized carbons (Fsp3) is 0.750. The Balaban J connectivity index is 2.63. The number of nitrogens with zero attached hydrogens (tertiary/aromatic N) is 1. The van der Waals surface area contributed by atoms with Crippen molar-refractivity contribution in [3.63, 3.8) is 0 Å². The molecule has 1 aromatic rings. The molecule has 0 fully saturated rings. The first-order chi connectivity index (χ1) is 7.66. The summed E-state index contributed by atoms with van der Waals surface area (Å²) in [6.45, 7) is 8.50. The normalized spacial score (nSPS) is 15.0. The van der Waals surface area contributed by atoms with Crippen LogP contribution in [0.2, 0.25) is 0 Å². The number of aromatic nitrogens is 1. The highest BCUT2D eigenvalue weighted by molar-refractivity contribution is 7.09. The molecule has 1 heterocycles. The van der Waals surface area contributed by atoms with Crippen LogP contribution >= 0.6 is 11.3 Å². The number of nitrogens with two attached hydrogens (primary N) is 1. The smallest absolute Gasteiger partial charge is 0.119 e. The van der Waals surface area contributed by atoms with Gasteiger partial charge < -0.3 is 10.5 Å². The van der Waals surface area contributed by atoms with Crippen molar-refractivity contribution in [2.45, 2.75) is 45.6 Å². The van der Waals surface area contributed by atoms with E-state index in [1.807, 2.05) is 0 Å². The van der Waals surface area contributed by atoms with Gasteiger partial charge in [0, 0.05) is 23.9 Å². The molecule has 0 spiro atoms. The molecule has 0 aliphatic rings. The van der Waals surface area contributed by atoms with Crippen LogP contribution in [0.15, 0.2) is 5.38 Å². The fourth-order valence-electron chi connectivity index (χ4n) is 1.39. The lowest BCUT2D eigenvalue weighted by Gasteiger charge is -2.23. The zero-order valence-electron chi connectivity index (χ0n) is 10.5. The lowest BCUT2D eigenvalue weighted by Crippen LogP contribution is -2.31. The van der Waals surface area contributed by atoms with Gasteiger partial charge in [0.25, 0.3) is 0 Å². The molecule has 0 bridgehead atoms. The maximum Gasteiger partial charge on any atom is 0.119 e. The second-order valence-corrected chi connectivity index (χ2v) is 5.24. The Kier molecular flexibility index (Phi) is 5.38. The molecule has 0 saturated carbocycles. The Hall–Kier alpha value is -0.450. The first kappa shape index (κ1) is 13.6. The Morgan fingerprint density at radius 1 is 1.50 bits per heavy atom. The van der Waals surface area contributed by atoms with Gasteiger partial charge in [0.1, 0.15) is 5.01 Å². The topological polar surface area (TPSA) is 48.1 Å². The summed E-state index contributed by atoms with van der Waals surface area (Å²) in [5.74, 6) is 0. The van der Waals surface area contributed by atoms with E-state index in [1.54, 1.807) is 11.3 Å². The van der Waals surface area contributed by atoms with Crippen LogP contribution in [0.1, 0.15) is 44.3 Å². The van der Waals surface area contributed by atoms with Crippen LogP contribution in [0.5, 0.6) is 0 Å². The summed E-state index contributed by atoms with van der Waals surface area (Å²) in [5.41, 5.74) is 6.94. The quantitative estimate of drug-likeness (QED) is 0.748. The number of ether oxygens (including phenoxy) is 1. The second-order valence-electron chi connectivity index (χ2n) is 4.30. The van der Waals surface area contributed by atoms with Crippen molar-refractivity contribution in [2.24, 2.45) is 5.73 Å². The van der Waals surface area contributed by atoms with E-state index in [-0.39, 0.29) is 5.41 Å². The molecule has 2 N–H and O–H groups in total. The van der Waals surface area contributed by atoms with Crippen molar-refractivity contribution in [3.05, 3.63) is 16.1 Å². The Morgan fingerprint density at radius 3 is 2.81 bits per heavy atom. The first-order valence-electron chi connectivity index (χ1n) is 5.89. The van der Waals surface area contributed by atoms with E-state index in [0.717, 1.165) is 30.2 Å². The largest absolute Gasteiger partial charge is 0.374 e. The van der Waals surface area contributed by atoms with Gasteiger partial charge in [-0.15, -0.1) is 11.3 Å². The molecular weight excluding hydrogens is 220 g/mol. The fourth-order valence-corrected chi connectivity index (χ4v) is 2.28. The molecule has 1 rings (SSSR count). The first-order valence-corrected chi connectivity index (χ1v) is 6.77. The van der Waals surface area contributed by atoms with Crippen LogP contribution in [0.4, 0.5) is 0 Å². The third-order valence-corrected chi connectivity index (χ3v) is 3.80. The van der Waals surface area contributed by atoms with Crippen LogP contribution in [-0.4, -0.2) is 18.1 Å². The molecule has 0 aliphatic carbocycles. The molecule has 0 aromatic carbocycles. The van der Waals surface area contributed by atoms with Crippen molar-refractivity contribution >= 4 is 11.3 Å². The van der Waals surface area contributed by atoms with Crippen LogP contribution in [0.25, 0.3) is 0 Å². The summed E-state index contributed by atoms with van der Waals surface area (Å²) in [5, 5.41) is 3.16. The van der Waals surface area contributed by atoms with E-state index in [2.05, 4.69) is 31.1 Å². The van der Waals surface area contributed by atoms with Gasteiger partial charge >= 0.3 is 0 Å². The van der Waals surface area contributed by atoms with Crippen LogP contribution in [-0.2, 0) is 16.8 Å². The zero-order valence-corrected chi connectivity index (χ0v) is 11.3. The summed E-state index contributed by atoms with van der Waals surface area (Å²) >= 11 is 1.67. The second kappa shape index (κ2) is 6.33. The highest BCUT2D eigenvalue weighted by atomic mass is 32.1. The lowest BCUT2D eigenvalue weighted by atomic mass is 9.85. The zero-order chi connectivity index (χ0) is 12.0. The summed E-state index contributed by atoms with van der Waals surface area (Å²) in [6, 6.07) is 0. The standard InChI is InChI=1S/C12H22N2OS/c1-4-6-15-7-11-14-10(8-16-11)12(3,5-2)9-13/h8H,4-7,9,13H2,1-3H3. The summed E-state index contributed by atoms with van der Waals surface area (Å²) in [4.78, 5) is 4.61.